The first-order valence-electron chi connectivity index (χ1n) is 7.54. The fourth-order valence-electron chi connectivity index (χ4n) is 2.40. The maximum Gasteiger partial charge on any atom is 0.491 e. The van der Waals surface area contributed by atoms with Crippen LogP contribution in [0, 0.1) is 12.7 Å². The van der Waals surface area contributed by atoms with Crippen LogP contribution < -0.4 is 0 Å². The van der Waals surface area contributed by atoms with Crippen molar-refractivity contribution in [1.29, 1.82) is 0 Å². The molecule has 1 aliphatic rings. The number of aldehydes is 1. The van der Waals surface area contributed by atoms with Crippen molar-refractivity contribution in [3.05, 3.63) is 40.1 Å². The van der Waals surface area contributed by atoms with Gasteiger partial charge in [-0.15, -0.1) is 0 Å². The van der Waals surface area contributed by atoms with Gasteiger partial charge in [-0.3, -0.25) is 4.79 Å². The van der Waals surface area contributed by atoms with Crippen LogP contribution in [0.1, 0.15) is 49.2 Å². The van der Waals surface area contributed by atoms with E-state index in [1.807, 2.05) is 34.6 Å². The van der Waals surface area contributed by atoms with E-state index in [2.05, 4.69) is 12.6 Å². The summed E-state index contributed by atoms with van der Waals surface area (Å²) in [5, 5.41) is 0. The van der Waals surface area contributed by atoms with Crippen molar-refractivity contribution < 1.29 is 18.5 Å². The molecule has 6 heteroatoms. The SMILES string of the molecule is Cc1ccc(F)c(C=O)c1C=C(CS)B1OC(C)(C)C(C)(C)O1. The van der Waals surface area contributed by atoms with Gasteiger partial charge in [-0.1, -0.05) is 12.1 Å². The largest absolute Gasteiger partial charge is 0.491 e. The molecular formula is C17H22BFO3S. The number of benzene rings is 1. The first-order valence-corrected chi connectivity index (χ1v) is 8.17. The van der Waals surface area contributed by atoms with E-state index in [1.165, 1.54) is 6.07 Å². The van der Waals surface area contributed by atoms with E-state index in [0.29, 0.717) is 17.6 Å². The summed E-state index contributed by atoms with van der Waals surface area (Å²) < 4.78 is 25.9. The van der Waals surface area contributed by atoms with E-state index in [9.17, 15) is 9.18 Å². The molecule has 1 fully saturated rings. The summed E-state index contributed by atoms with van der Waals surface area (Å²) in [7, 11) is -0.570. The maximum atomic E-state index is 13.9. The molecule has 0 aliphatic carbocycles. The normalized spacial score (nSPS) is 20.0. The number of halogens is 1. The van der Waals surface area contributed by atoms with Gasteiger partial charge >= 0.3 is 7.12 Å². The van der Waals surface area contributed by atoms with Crippen LogP contribution in [-0.4, -0.2) is 30.4 Å². The number of hydrogen-bond acceptors (Lipinski definition) is 4. The van der Waals surface area contributed by atoms with Crippen molar-refractivity contribution in [3.8, 4) is 0 Å². The Morgan fingerprint density at radius 3 is 2.26 bits per heavy atom. The second-order valence-electron chi connectivity index (χ2n) is 6.78. The van der Waals surface area contributed by atoms with E-state index in [0.717, 1.165) is 11.0 Å². The second-order valence-corrected chi connectivity index (χ2v) is 7.09. The molecule has 124 valence electrons. The van der Waals surface area contributed by atoms with Gasteiger partial charge in [-0.25, -0.2) is 4.39 Å². The van der Waals surface area contributed by atoms with E-state index < -0.39 is 24.1 Å². The molecule has 1 aromatic rings. The molecule has 0 amide bonds. The van der Waals surface area contributed by atoms with Crippen molar-refractivity contribution in [1.82, 2.24) is 0 Å². The third-order valence-electron chi connectivity index (χ3n) is 4.64. The van der Waals surface area contributed by atoms with Crippen LogP contribution in [0.2, 0.25) is 0 Å². The topological polar surface area (TPSA) is 35.5 Å². The number of carbonyl (C=O) groups excluding carboxylic acids is 1. The zero-order valence-corrected chi connectivity index (χ0v) is 15.0. The Hall–Kier alpha value is -1.11. The predicted molar refractivity (Wildman–Crippen MR) is 94.4 cm³/mol. The number of carbonyl (C=O) groups is 1. The van der Waals surface area contributed by atoms with Gasteiger partial charge in [0.25, 0.3) is 0 Å². The molecule has 0 radical (unpaired) electrons. The molecule has 23 heavy (non-hydrogen) atoms. The van der Waals surface area contributed by atoms with Crippen molar-refractivity contribution in [2.75, 3.05) is 5.75 Å². The Morgan fingerprint density at radius 2 is 1.78 bits per heavy atom. The average molecular weight is 336 g/mol. The Balaban J connectivity index is 2.46. The zero-order valence-electron chi connectivity index (χ0n) is 14.1. The summed E-state index contributed by atoms with van der Waals surface area (Å²) in [5.41, 5.74) is 1.21. The number of rotatable bonds is 4. The molecule has 0 saturated carbocycles. The van der Waals surface area contributed by atoms with Gasteiger partial charge in [-0.05, 0) is 57.3 Å². The maximum absolute atomic E-state index is 13.9. The average Bonchev–Trinajstić information content (AvgIpc) is 2.68. The van der Waals surface area contributed by atoms with E-state index >= 15 is 0 Å². The van der Waals surface area contributed by atoms with Crippen molar-refractivity contribution in [2.24, 2.45) is 0 Å². The third-order valence-corrected chi connectivity index (χ3v) is 5.00. The lowest BCUT2D eigenvalue weighted by atomic mass is 9.77. The molecule has 1 aliphatic heterocycles. The van der Waals surface area contributed by atoms with Gasteiger partial charge in [0.15, 0.2) is 6.29 Å². The molecular weight excluding hydrogens is 314 g/mol. The minimum atomic E-state index is -0.570. The fraction of sp³-hybridized carbons (Fsp3) is 0.471. The molecule has 0 N–H and O–H groups in total. The van der Waals surface area contributed by atoms with Gasteiger partial charge < -0.3 is 9.31 Å². The smallest absolute Gasteiger partial charge is 0.400 e. The van der Waals surface area contributed by atoms with Crippen LogP contribution in [0.3, 0.4) is 0 Å². The van der Waals surface area contributed by atoms with Crippen molar-refractivity contribution >= 4 is 32.1 Å². The van der Waals surface area contributed by atoms with Crippen LogP contribution in [0.5, 0.6) is 0 Å². The summed E-state index contributed by atoms with van der Waals surface area (Å²) in [6, 6.07) is 2.94. The highest BCUT2D eigenvalue weighted by atomic mass is 32.1. The molecule has 1 saturated heterocycles. The van der Waals surface area contributed by atoms with Gasteiger partial charge in [0.1, 0.15) is 5.82 Å². The lowest BCUT2D eigenvalue weighted by Crippen LogP contribution is -2.41. The Labute approximate surface area is 142 Å². The summed E-state index contributed by atoms with van der Waals surface area (Å²) in [6.07, 6.45) is 2.28. The monoisotopic (exact) mass is 336 g/mol. The summed E-state index contributed by atoms with van der Waals surface area (Å²) in [5.74, 6) is -0.158. The summed E-state index contributed by atoms with van der Waals surface area (Å²) in [4.78, 5) is 11.2. The predicted octanol–water partition coefficient (Wildman–Crippen LogP) is 3.89. The second kappa shape index (κ2) is 6.42. The Morgan fingerprint density at radius 1 is 1.22 bits per heavy atom. The van der Waals surface area contributed by atoms with Gasteiger partial charge in [-0.2, -0.15) is 12.6 Å². The molecule has 0 atom stereocenters. The Kier molecular flexibility index (Phi) is 5.09. The molecule has 3 nitrogen and oxygen atoms in total. The van der Waals surface area contributed by atoms with E-state index in [-0.39, 0.29) is 5.56 Å². The standard InChI is InChI=1S/C17H22BFO3S/c1-11-6-7-15(19)14(9-20)13(11)8-12(10-23)18-21-16(2,3)17(4,5)22-18/h6-9,23H,10H2,1-5H3. The molecule has 1 heterocycles. The minimum Gasteiger partial charge on any atom is -0.400 e. The summed E-state index contributed by atoms with van der Waals surface area (Å²) >= 11 is 4.35. The molecule has 0 unspecified atom stereocenters. The minimum absolute atomic E-state index is 0.0424. The lowest BCUT2D eigenvalue weighted by molar-refractivity contribution is 0.00578. The summed E-state index contributed by atoms with van der Waals surface area (Å²) in [6.45, 7) is 9.69. The molecule has 0 bridgehead atoms. The van der Waals surface area contributed by atoms with Crippen LogP contribution in [0.15, 0.2) is 17.6 Å². The fourth-order valence-corrected chi connectivity index (χ4v) is 2.64. The third kappa shape index (κ3) is 3.39. The van der Waals surface area contributed by atoms with Crippen LogP contribution in [0.25, 0.3) is 6.08 Å². The molecule has 2 rings (SSSR count). The first kappa shape index (κ1) is 18.2. The van der Waals surface area contributed by atoms with Crippen LogP contribution in [-0.2, 0) is 9.31 Å². The molecule has 0 spiro atoms. The highest BCUT2D eigenvalue weighted by molar-refractivity contribution is 7.80. The van der Waals surface area contributed by atoms with Gasteiger partial charge in [0.2, 0.25) is 0 Å². The number of aryl methyl sites for hydroxylation is 1. The van der Waals surface area contributed by atoms with Gasteiger partial charge in [0, 0.05) is 5.75 Å². The number of thiol groups is 1. The van der Waals surface area contributed by atoms with Gasteiger partial charge in [0.05, 0.1) is 16.8 Å². The van der Waals surface area contributed by atoms with E-state index in [1.54, 1.807) is 12.1 Å². The number of hydrogen-bond donors (Lipinski definition) is 1. The molecule has 0 aromatic heterocycles. The first-order chi connectivity index (χ1) is 10.6. The van der Waals surface area contributed by atoms with E-state index in [4.69, 9.17) is 9.31 Å². The van der Waals surface area contributed by atoms with Crippen LogP contribution in [0.4, 0.5) is 4.39 Å². The quantitative estimate of drug-likeness (QED) is 0.515. The highest BCUT2D eigenvalue weighted by Gasteiger charge is 2.52. The van der Waals surface area contributed by atoms with Crippen molar-refractivity contribution in [2.45, 2.75) is 45.8 Å². The van der Waals surface area contributed by atoms with Crippen molar-refractivity contribution in [3.63, 3.8) is 0 Å². The highest BCUT2D eigenvalue weighted by Crippen LogP contribution is 2.39. The van der Waals surface area contributed by atoms with Crippen LogP contribution >= 0.6 is 12.6 Å². The zero-order chi connectivity index (χ0) is 17.4. The molecule has 1 aromatic carbocycles. The lowest BCUT2D eigenvalue weighted by Gasteiger charge is -2.32. The Bertz CT molecular complexity index is 639.